The molecule has 0 unspecified atom stereocenters. The molecule has 1 aromatic heterocycles. The van der Waals surface area contributed by atoms with Crippen LogP contribution in [-0.4, -0.2) is 11.1 Å². The molecular weight excluding hydrogens is 150 g/mol. The van der Waals surface area contributed by atoms with Gasteiger partial charge in [0, 0.05) is 4.88 Å². The van der Waals surface area contributed by atoms with Crippen molar-refractivity contribution >= 4 is 22.3 Å². The van der Waals surface area contributed by atoms with Gasteiger partial charge in [0.15, 0.2) is 0 Å². The summed E-state index contributed by atoms with van der Waals surface area (Å²) in [6, 6.07) is 1.57. The minimum atomic E-state index is -0.957. The molecule has 0 bridgehead atoms. The molecule has 0 fully saturated rings. The van der Waals surface area contributed by atoms with Gasteiger partial charge in [-0.25, -0.2) is 4.79 Å². The molecule has 1 rings (SSSR count). The smallest absolute Gasteiger partial charge is 0.338 e. The highest BCUT2D eigenvalue weighted by Crippen LogP contribution is 2.23. The maximum Gasteiger partial charge on any atom is 0.338 e. The van der Waals surface area contributed by atoms with Gasteiger partial charge >= 0.3 is 5.97 Å². The van der Waals surface area contributed by atoms with Gasteiger partial charge in [0.2, 0.25) is 0 Å². The number of nitrogens with two attached hydrogens (primary N) is 1. The SMILES string of the molecule is Cc1cc(C(=O)O)c(N)s1. The molecule has 0 saturated heterocycles. The Balaban J connectivity index is 3.15. The number of hydrogen-bond acceptors (Lipinski definition) is 3. The van der Waals surface area contributed by atoms with E-state index >= 15 is 0 Å². The van der Waals surface area contributed by atoms with E-state index < -0.39 is 5.97 Å². The Hall–Kier alpha value is -1.03. The number of carbonyl (C=O) groups is 1. The summed E-state index contributed by atoms with van der Waals surface area (Å²) < 4.78 is 0. The summed E-state index contributed by atoms with van der Waals surface area (Å²) in [6.07, 6.45) is 0. The zero-order valence-corrected chi connectivity index (χ0v) is 6.23. The van der Waals surface area contributed by atoms with Crippen molar-refractivity contribution in [2.24, 2.45) is 0 Å². The average Bonchev–Trinajstić information content (AvgIpc) is 2.10. The summed E-state index contributed by atoms with van der Waals surface area (Å²) in [5, 5.41) is 8.89. The first-order valence-electron chi connectivity index (χ1n) is 2.70. The predicted octanol–water partition coefficient (Wildman–Crippen LogP) is 1.34. The second-order valence-electron chi connectivity index (χ2n) is 1.94. The lowest BCUT2D eigenvalue weighted by atomic mass is 10.3. The van der Waals surface area contributed by atoms with Crippen molar-refractivity contribution in [3.8, 4) is 0 Å². The summed E-state index contributed by atoms with van der Waals surface area (Å²) in [6.45, 7) is 1.83. The number of aromatic carboxylic acids is 1. The monoisotopic (exact) mass is 157 g/mol. The van der Waals surface area contributed by atoms with E-state index in [0.29, 0.717) is 5.00 Å². The number of rotatable bonds is 1. The van der Waals surface area contributed by atoms with Gasteiger partial charge in [0.25, 0.3) is 0 Å². The summed E-state index contributed by atoms with van der Waals surface area (Å²) in [5.41, 5.74) is 5.59. The van der Waals surface area contributed by atoms with Gasteiger partial charge in [0.05, 0.1) is 5.56 Å². The number of aryl methyl sites for hydroxylation is 1. The number of carboxylic acid groups (broad SMARTS) is 1. The molecule has 10 heavy (non-hydrogen) atoms. The lowest BCUT2D eigenvalue weighted by molar-refractivity contribution is 0.0698. The van der Waals surface area contributed by atoms with Crippen LogP contribution in [0.4, 0.5) is 5.00 Å². The third-order valence-corrected chi connectivity index (χ3v) is 1.99. The van der Waals surface area contributed by atoms with Crippen LogP contribution in [0.25, 0.3) is 0 Å². The first-order valence-corrected chi connectivity index (χ1v) is 3.52. The quantitative estimate of drug-likeness (QED) is 0.646. The average molecular weight is 157 g/mol. The zero-order valence-electron chi connectivity index (χ0n) is 5.42. The lowest BCUT2D eigenvalue weighted by Gasteiger charge is -1.86. The fourth-order valence-corrected chi connectivity index (χ4v) is 1.48. The minimum Gasteiger partial charge on any atom is -0.478 e. The lowest BCUT2D eigenvalue weighted by Crippen LogP contribution is -1.97. The molecule has 0 aromatic carbocycles. The third-order valence-electron chi connectivity index (χ3n) is 1.11. The van der Waals surface area contributed by atoms with Gasteiger partial charge < -0.3 is 10.8 Å². The molecule has 0 aliphatic carbocycles. The normalized spacial score (nSPS) is 9.70. The first kappa shape index (κ1) is 7.08. The number of carboxylic acids is 1. The summed E-state index contributed by atoms with van der Waals surface area (Å²) in [5.74, 6) is -0.957. The number of anilines is 1. The van der Waals surface area contributed by atoms with E-state index in [0.717, 1.165) is 4.88 Å². The fourth-order valence-electron chi connectivity index (χ4n) is 0.699. The molecule has 4 heteroatoms. The van der Waals surface area contributed by atoms with Crippen LogP contribution in [-0.2, 0) is 0 Å². The zero-order chi connectivity index (χ0) is 7.72. The van der Waals surface area contributed by atoms with Crippen molar-refractivity contribution < 1.29 is 9.90 Å². The maximum atomic E-state index is 10.4. The van der Waals surface area contributed by atoms with Crippen molar-refractivity contribution in [3.05, 3.63) is 16.5 Å². The van der Waals surface area contributed by atoms with E-state index in [1.807, 2.05) is 6.92 Å². The van der Waals surface area contributed by atoms with E-state index in [4.69, 9.17) is 10.8 Å². The Bertz CT molecular complexity index is 267. The number of nitrogen functional groups attached to an aromatic ring is 1. The van der Waals surface area contributed by atoms with Crippen LogP contribution in [0.2, 0.25) is 0 Å². The van der Waals surface area contributed by atoms with Gasteiger partial charge in [-0.15, -0.1) is 11.3 Å². The molecule has 3 nitrogen and oxygen atoms in total. The third kappa shape index (κ3) is 1.11. The molecule has 0 amide bonds. The van der Waals surface area contributed by atoms with Crippen LogP contribution in [0.1, 0.15) is 15.2 Å². The van der Waals surface area contributed by atoms with Gasteiger partial charge in [-0.3, -0.25) is 0 Å². The van der Waals surface area contributed by atoms with Gasteiger partial charge in [-0.2, -0.15) is 0 Å². The molecule has 0 aliphatic rings. The van der Waals surface area contributed by atoms with Crippen molar-refractivity contribution in [2.45, 2.75) is 6.92 Å². The van der Waals surface area contributed by atoms with Crippen molar-refractivity contribution in [1.82, 2.24) is 0 Å². The molecule has 54 valence electrons. The molecule has 0 aliphatic heterocycles. The van der Waals surface area contributed by atoms with Crippen LogP contribution in [0, 0.1) is 6.92 Å². The minimum absolute atomic E-state index is 0.211. The van der Waals surface area contributed by atoms with E-state index in [1.165, 1.54) is 11.3 Å². The Morgan fingerprint density at radius 3 is 2.60 bits per heavy atom. The van der Waals surface area contributed by atoms with Crippen LogP contribution < -0.4 is 5.73 Å². The molecule has 3 N–H and O–H groups in total. The topological polar surface area (TPSA) is 63.3 Å². The Labute approximate surface area is 62.1 Å². The fraction of sp³-hybridized carbons (Fsp3) is 0.167. The standard InChI is InChI=1S/C6H7NO2S/c1-3-2-4(6(8)9)5(7)10-3/h2H,7H2,1H3,(H,8,9). The molecule has 0 atom stereocenters. The largest absolute Gasteiger partial charge is 0.478 e. The van der Waals surface area contributed by atoms with Crippen LogP contribution in [0.15, 0.2) is 6.07 Å². The van der Waals surface area contributed by atoms with Gasteiger partial charge in [0.1, 0.15) is 5.00 Å². The van der Waals surface area contributed by atoms with Crippen molar-refractivity contribution in [2.75, 3.05) is 5.73 Å². The van der Waals surface area contributed by atoms with Crippen LogP contribution in [0.3, 0.4) is 0 Å². The predicted molar refractivity (Wildman–Crippen MR) is 40.4 cm³/mol. The first-order chi connectivity index (χ1) is 4.61. The second kappa shape index (κ2) is 2.30. The Morgan fingerprint density at radius 2 is 2.40 bits per heavy atom. The maximum absolute atomic E-state index is 10.4. The van der Waals surface area contributed by atoms with Crippen molar-refractivity contribution in [3.63, 3.8) is 0 Å². The highest BCUT2D eigenvalue weighted by molar-refractivity contribution is 7.16. The van der Waals surface area contributed by atoms with E-state index in [9.17, 15) is 4.79 Å². The number of hydrogen-bond donors (Lipinski definition) is 2. The highest BCUT2D eigenvalue weighted by Gasteiger charge is 2.09. The van der Waals surface area contributed by atoms with Gasteiger partial charge in [-0.1, -0.05) is 0 Å². The Kier molecular flexibility index (Phi) is 1.63. The molecular formula is C6H7NO2S. The highest BCUT2D eigenvalue weighted by atomic mass is 32.1. The summed E-state index contributed by atoms with van der Waals surface area (Å²) in [4.78, 5) is 11.3. The van der Waals surface area contributed by atoms with Crippen molar-refractivity contribution in [1.29, 1.82) is 0 Å². The summed E-state index contributed by atoms with van der Waals surface area (Å²) in [7, 11) is 0. The van der Waals surface area contributed by atoms with Crippen LogP contribution in [0.5, 0.6) is 0 Å². The molecule has 1 aromatic rings. The van der Waals surface area contributed by atoms with Crippen LogP contribution >= 0.6 is 11.3 Å². The van der Waals surface area contributed by atoms with E-state index in [1.54, 1.807) is 6.07 Å². The Morgan fingerprint density at radius 1 is 1.80 bits per heavy atom. The van der Waals surface area contributed by atoms with E-state index in [-0.39, 0.29) is 5.56 Å². The number of thiophene rings is 1. The van der Waals surface area contributed by atoms with E-state index in [2.05, 4.69) is 0 Å². The van der Waals surface area contributed by atoms with Gasteiger partial charge in [-0.05, 0) is 13.0 Å². The molecule has 0 radical (unpaired) electrons. The second-order valence-corrected chi connectivity index (χ2v) is 3.23. The molecule has 1 heterocycles. The molecule has 0 saturated carbocycles. The summed E-state index contributed by atoms with van der Waals surface area (Å²) >= 11 is 1.29. The molecule has 0 spiro atoms.